The summed E-state index contributed by atoms with van der Waals surface area (Å²) in [6, 6.07) is -1.89. The minimum absolute atomic E-state index is 0.0585. The lowest BCUT2D eigenvalue weighted by Gasteiger charge is -2.12. The van der Waals surface area contributed by atoms with E-state index in [2.05, 4.69) is 0 Å². The second-order valence-electron chi connectivity index (χ2n) is 2.91. The molecule has 1 amide bonds. The van der Waals surface area contributed by atoms with Gasteiger partial charge in [0.1, 0.15) is 0 Å². The summed E-state index contributed by atoms with van der Waals surface area (Å²) in [4.78, 5) is 33.2. The van der Waals surface area contributed by atoms with Crippen LogP contribution in [-0.4, -0.2) is 59.6 Å². The van der Waals surface area contributed by atoms with Crippen LogP contribution in [0.1, 0.15) is 0 Å². The number of carbonyl (C=O) groups is 3. The molecule has 3 N–H and O–H groups in total. The van der Waals surface area contributed by atoms with Crippen molar-refractivity contribution in [1.29, 1.82) is 0 Å². The van der Waals surface area contributed by atoms with Crippen molar-refractivity contribution < 1.29 is 24.6 Å². The molecule has 80 valence electrons. The molecule has 0 fully saturated rings. The van der Waals surface area contributed by atoms with Crippen molar-refractivity contribution in [3.63, 3.8) is 0 Å². The minimum Gasteiger partial charge on any atom is -0.479 e. The lowest BCUT2D eigenvalue weighted by atomic mass is 10.3. The van der Waals surface area contributed by atoms with Crippen LogP contribution < -0.4 is 5.32 Å². The van der Waals surface area contributed by atoms with Gasteiger partial charge in [0.25, 0.3) is 0 Å². The lowest BCUT2D eigenvalue weighted by Crippen LogP contribution is -2.48. The topological polar surface area (TPSA) is 107 Å². The summed E-state index contributed by atoms with van der Waals surface area (Å²) < 4.78 is 0. The van der Waals surface area contributed by atoms with Gasteiger partial charge in [0.15, 0.2) is 0 Å². The number of likely N-dealkylation sites (N-methyl/N-ethyl adjacent to an activating group) is 1. The zero-order valence-corrected chi connectivity index (χ0v) is 7.85. The standard InChI is InChI=1S/C7H12N2O5/c1-9(2)3-4(10)8-5(6(11)12)7(13)14/h5H,3H2,1-2H3,(H,8,10)(H,11,12)(H,13,14). The molecule has 0 heterocycles. The van der Waals surface area contributed by atoms with Crippen LogP contribution in [0.5, 0.6) is 0 Å². The molecule has 0 aliphatic carbocycles. The van der Waals surface area contributed by atoms with Crippen LogP contribution in [0, 0.1) is 0 Å². The fraction of sp³-hybridized carbons (Fsp3) is 0.571. The molecule has 7 nitrogen and oxygen atoms in total. The monoisotopic (exact) mass is 204 g/mol. The molecule has 0 aliphatic heterocycles. The molecule has 0 saturated carbocycles. The summed E-state index contributed by atoms with van der Waals surface area (Å²) in [5.74, 6) is -3.83. The van der Waals surface area contributed by atoms with Crippen molar-refractivity contribution in [3.8, 4) is 0 Å². The summed E-state index contributed by atoms with van der Waals surface area (Å²) in [6.07, 6.45) is 0. The van der Waals surface area contributed by atoms with Gasteiger partial charge in [-0.25, -0.2) is 9.59 Å². The predicted octanol–water partition coefficient (Wildman–Crippen LogP) is -1.80. The van der Waals surface area contributed by atoms with Gasteiger partial charge >= 0.3 is 11.9 Å². The number of hydrogen-bond donors (Lipinski definition) is 3. The average molecular weight is 204 g/mol. The molecule has 0 aromatic carbocycles. The SMILES string of the molecule is CN(C)CC(=O)NC(C(=O)O)C(=O)O. The zero-order chi connectivity index (χ0) is 11.3. The Bertz CT molecular complexity index is 236. The van der Waals surface area contributed by atoms with E-state index in [4.69, 9.17) is 10.2 Å². The highest BCUT2D eigenvalue weighted by molar-refractivity contribution is 6.00. The van der Waals surface area contributed by atoms with Crippen LogP contribution >= 0.6 is 0 Å². The highest BCUT2D eigenvalue weighted by Crippen LogP contribution is 1.85. The maximum Gasteiger partial charge on any atom is 0.338 e. The van der Waals surface area contributed by atoms with E-state index in [0.29, 0.717) is 0 Å². The second-order valence-corrected chi connectivity index (χ2v) is 2.91. The first-order valence-corrected chi connectivity index (χ1v) is 3.74. The van der Waals surface area contributed by atoms with E-state index < -0.39 is 23.9 Å². The molecule has 0 unspecified atom stereocenters. The van der Waals surface area contributed by atoms with Crippen molar-refractivity contribution >= 4 is 17.8 Å². The van der Waals surface area contributed by atoms with Gasteiger partial charge in [-0.15, -0.1) is 0 Å². The molecule has 0 saturated heterocycles. The third kappa shape index (κ3) is 4.41. The molecule has 0 aliphatic rings. The number of amides is 1. The molecule has 0 rings (SSSR count). The molecule has 0 aromatic heterocycles. The van der Waals surface area contributed by atoms with Crippen molar-refractivity contribution in [2.45, 2.75) is 6.04 Å². The number of carboxylic acids is 2. The van der Waals surface area contributed by atoms with Crippen molar-refractivity contribution in [2.75, 3.05) is 20.6 Å². The van der Waals surface area contributed by atoms with Crippen LogP contribution in [0.25, 0.3) is 0 Å². The number of rotatable bonds is 5. The minimum atomic E-state index is -1.89. The smallest absolute Gasteiger partial charge is 0.338 e. The van der Waals surface area contributed by atoms with Gasteiger partial charge in [0, 0.05) is 0 Å². The van der Waals surface area contributed by atoms with Gasteiger partial charge in [0.2, 0.25) is 11.9 Å². The van der Waals surface area contributed by atoms with Gasteiger partial charge in [-0.1, -0.05) is 0 Å². The Kier molecular flexibility index (Phi) is 4.57. The predicted molar refractivity (Wildman–Crippen MR) is 45.8 cm³/mol. The second kappa shape index (κ2) is 5.18. The van der Waals surface area contributed by atoms with Crippen LogP contribution in [0.4, 0.5) is 0 Å². The normalized spacial score (nSPS) is 10.3. The first-order valence-electron chi connectivity index (χ1n) is 3.74. The summed E-state index contributed by atoms with van der Waals surface area (Å²) in [5, 5.41) is 18.7. The number of carbonyl (C=O) groups excluding carboxylic acids is 1. The molecular formula is C7H12N2O5. The molecule has 0 spiro atoms. The lowest BCUT2D eigenvalue weighted by molar-refractivity contribution is -0.153. The maximum atomic E-state index is 11.0. The zero-order valence-electron chi connectivity index (χ0n) is 7.85. The largest absolute Gasteiger partial charge is 0.479 e. The Balaban J connectivity index is 4.24. The Morgan fingerprint density at radius 2 is 1.64 bits per heavy atom. The van der Waals surface area contributed by atoms with Gasteiger partial charge in [-0.3, -0.25) is 4.79 Å². The Morgan fingerprint density at radius 3 is 1.93 bits per heavy atom. The third-order valence-electron chi connectivity index (χ3n) is 1.26. The van der Waals surface area contributed by atoms with Crippen LogP contribution in [-0.2, 0) is 14.4 Å². The van der Waals surface area contributed by atoms with E-state index in [1.807, 2.05) is 5.32 Å². The van der Waals surface area contributed by atoms with E-state index in [9.17, 15) is 14.4 Å². The number of aliphatic carboxylic acids is 2. The first kappa shape index (κ1) is 12.4. The number of nitrogens with zero attached hydrogens (tertiary/aromatic N) is 1. The van der Waals surface area contributed by atoms with Crippen LogP contribution in [0.2, 0.25) is 0 Å². The van der Waals surface area contributed by atoms with Crippen LogP contribution in [0.3, 0.4) is 0 Å². The Morgan fingerprint density at radius 1 is 1.21 bits per heavy atom. The van der Waals surface area contributed by atoms with E-state index in [0.717, 1.165) is 0 Å². The summed E-state index contributed by atoms with van der Waals surface area (Å²) >= 11 is 0. The fourth-order valence-electron chi connectivity index (χ4n) is 0.723. The molecule has 0 bridgehead atoms. The number of carboxylic acid groups (broad SMARTS) is 2. The van der Waals surface area contributed by atoms with Gasteiger partial charge in [-0.05, 0) is 14.1 Å². The van der Waals surface area contributed by atoms with Crippen molar-refractivity contribution in [3.05, 3.63) is 0 Å². The number of nitrogens with one attached hydrogen (secondary N) is 1. The van der Waals surface area contributed by atoms with E-state index >= 15 is 0 Å². The first-order chi connectivity index (χ1) is 6.34. The highest BCUT2D eigenvalue weighted by atomic mass is 16.4. The molecule has 0 aromatic rings. The highest BCUT2D eigenvalue weighted by Gasteiger charge is 2.27. The maximum absolute atomic E-state index is 11.0. The summed E-state index contributed by atoms with van der Waals surface area (Å²) in [5.41, 5.74) is 0. The molecule has 0 atom stereocenters. The molecule has 7 heteroatoms. The van der Waals surface area contributed by atoms with Gasteiger partial charge in [-0.2, -0.15) is 0 Å². The van der Waals surface area contributed by atoms with E-state index in [-0.39, 0.29) is 6.54 Å². The molecular weight excluding hydrogens is 192 g/mol. The molecule has 14 heavy (non-hydrogen) atoms. The van der Waals surface area contributed by atoms with E-state index in [1.54, 1.807) is 14.1 Å². The summed E-state index contributed by atoms with van der Waals surface area (Å²) in [7, 11) is 3.21. The third-order valence-corrected chi connectivity index (χ3v) is 1.26. The fourth-order valence-corrected chi connectivity index (χ4v) is 0.723. The Hall–Kier alpha value is -1.63. The van der Waals surface area contributed by atoms with Crippen molar-refractivity contribution in [2.24, 2.45) is 0 Å². The molecule has 0 radical (unpaired) electrons. The van der Waals surface area contributed by atoms with Gasteiger partial charge < -0.3 is 20.4 Å². The number of hydrogen-bond acceptors (Lipinski definition) is 4. The summed E-state index contributed by atoms with van der Waals surface area (Å²) in [6.45, 7) is -0.0585. The van der Waals surface area contributed by atoms with E-state index in [1.165, 1.54) is 4.90 Å². The van der Waals surface area contributed by atoms with Gasteiger partial charge in [0.05, 0.1) is 6.54 Å². The van der Waals surface area contributed by atoms with Crippen LogP contribution in [0.15, 0.2) is 0 Å². The average Bonchev–Trinajstić information content (AvgIpc) is 1.97. The van der Waals surface area contributed by atoms with Crippen molar-refractivity contribution in [1.82, 2.24) is 10.2 Å². The quantitative estimate of drug-likeness (QED) is 0.456. The Labute approximate surface area is 80.3 Å².